The van der Waals surface area contributed by atoms with E-state index in [0.717, 1.165) is 16.8 Å². The van der Waals surface area contributed by atoms with E-state index in [1.165, 1.54) is 15.6 Å². The lowest BCUT2D eigenvalue weighted by molar-refractivity contribution is -0.120. The Labute approximate surface area is 185 Å². The average molecular weight is 461 g/mol. The number of hydrogen-bond donors (Lipinski definition) is 1. The number of aromatic nitrogens is 2. The van der Waals surface area contributed by atoms with Crippen LogP contribution < -0.4 is 5.32 Å². The summed E-state index contributed by atoms with van der Waals surface area (Å²) in [5.74, 6) is -0.104. The maximum absolute atomic E-state index is 12.9. The number of aryl methyl sites for hydroxylation is 3. The summed E-state index contributed by atoms with van der Waals surface area (Å²) in [7, 11) is -3.68. The Kier molecular flexibility index (Phi) is 5.96. The molecule has 1 amide bonds. The van der Waals surface area contributed by atoms with Gasteiger partial charge in [0.25, 0.3) is 0 Å². The number of thiazole rings is 1. The number of nitrogens with one attached hydrogen (secondary N) is 1. The molecule has 31 heavy (non-hydrogen) atoms. The zero-order chi connectivity index (χ0) is 22.2. The fraction of sp³-hybridized carbons (Fsp3) is 0.381. The molecule has 0 unspecified atom stereocenters. The summed E-state index contributed by atoms with van der Waals surface area (Å²) in [5, 5.41) is 9.12. The van der Waals surface area contributed by atoms with Crippen molar-refractivity contribution in [3.05, 3.63) is 46.7 Å². The van der Waals surface area contributed by atoms with Crippen molar-refractivity contribution in [1.82, 2.24) is 14.4 Å². The summed E-state index contributed by atoms with van der Waals surface area (Å²) in [5.41, 5.74) is 3.35. The van der Waals surface area contributed by atoms with Crippen LogP contribution in [0.15, 0.2) is 39.1 Å². The molecule has 10 heteroatoms. The first-order chi connectivity index (χ1) is 14.8. The molecule has 1 saturated heterocycles. The minimum absolute atomic E-state index is 0.125. The number of amides is 1. The molecule has 0 atom stereocenters. The first kappa shape index (κ1) is 21.7. The van der Waals surface area contributed by atoms with Crippen LogP contribution in [0.5, 0.6) is 0 Å². The number of hydrogen-bond acceptors (Lipinski definition) is 7. The molecule has 1 fully saturated rings. The molecule has 0 bridgehead atoms. The molecule has 164 valence electrons. The van der Waals surface area contributed by atoms with Crippen LogP contribution in [0.1, 0.15) is 29.9 Å². The Hall–Kier alpha value is -2.56. The fourth-order valence-electron chi connectivity index (χ4n) is 3.85. The van der Waals surface area contributed by atoms with E-state index in [-0.39, 0.29) is 35.6 Å². The van der Waals surface area contributed by atoms with Gasteiger partial charge in [-0.2, -0.15) is 4.31 Å². The van der Waals surface area contributed by atoms with Crippen LogP contribution in [0.2, 0.25) is 0 Å². The third kappa shape index (κ3) is 4.28. The highest BCUT2D eigenvalue weighted by Gasteiger charge is 2.35. The predicted octanol–water partition coefficient (Wildman–Crippen LogP) is 3.76. The number of anilines is 1. The Morgan fingerprint density at radius 3 is 2.55 bits per heavy atom. The molecule has 3 aromatic rings. The fourth-order valence-corrected chi connectivity index (χ4v) is 6.33. The van der Waals surface area contributed by atoms with Gasteiger partial charge in [0.1, 0.15) is 10.6 Å². The Morgan fingerprint density at radius 1 is 1.19 bits per heavy atom. The van der Waals surface area contributed by atoms with Gasteiger partial charge < -0.3 is 9.84 Å². The van der Waals surface area contributed by atoms with Gasteiger partial charge in [-0.25, -0.2) is 13.4 Å². The van der Waals surface area contributed by atoms with Gasteiger partial charge >= 0.3 is 0 Å². The van der Waals surface area contributed by atoms with Crippen LogP contribution in [0.4, 0.5) is 5.13 Å². The largest absolute Gasteiger partial charge is 0.360 e. The van der Waals surface area contributed by atoms with Crippen molar-refractivity contribution in [3.63, 3.8) is 0 Å². The SMILES string of the molecule is Cc1ccccc1-c1csc(NC(=O)C2CCN(S(=O)(=O)c3c(C)noc3C)CC2)n1. The van der Waals surface area contributed by atoms with Gasteiger partial charge in [-0.15, -0.1) is 11.3 Å². The number of sulfonamides is 1. The molecule has 1 aliphatic rings. The average Bonchev–Trinajstić information content (AvgIpc) is 3.34. The molecule has 0 radical (unpaired) electrons. The maximum atomic E-state index is 12.9. The molecule has 2 aromatic heterocycles. The summed E-state index contributed by atoms with van der Waals surface area (Å²) in [6.45, 7) is 5.78. The number of rotatable bonds is 5. The van der Waals surface area contributed by atoms with Gasteiger partial charge in [-0.3, -0.25) is 4.79 Å². The van der Waals surface area contributed by atoms with E-state index >= 15 is 0 Å². The summed E-state index contributed by atoms with van der Waals surface area (Å²) >= 11 is 1.38. The third-order valence-electron chi connectivity index (χ3n) is 5.55. The number of piperidine rings is 1. The maximum Gasteiger partial charge on any atom is 0.248 e. The van der Waals surface area contributed by atoms with Crippen molar-refractivity contribution < 1.29 is 17.7 Å². The van der Waals surface area contributed by atoms with E-state index in [9.17, 15) is 13.2 Å². The topological polar surface area (TPSA) is 105 Å². The van der Waals surface area contributed by atoms with E-state index in [1.54, 1.807) is 13.8 Å². The number of carbonyl (C=O) groups is 1. The van der Waals surface area contributed by atoms with Crippen molar-refractivity contribution in [2.45, 2.75) is 38.5 Å². The second-order valence-electron chi connectivity index (χ2n) is 7.67. The normalized spacial score (nSPS) is 15.8. The lowest BCUT2D eigenvalue weighted by Gasteiger charge is -2.30. The highest BCUT2D eigenvalue weighted by molar-refractivity contribution is 7.89. The van der Waals surface area contributed by atoms with Gasteiger partial charge in [0.05, 0.1) is 5.69 Å². The minimum Gasteiger partial charge on any atom is -0.360 e. The molecule has 0 saturated carbocycles. The van der Waals surface area contributed by atoms with Gasteiger partial charge in [-0.05, 0) is 39.2 Å². The lowest BCUT2D eigenvalue weighted by atomic mass is 9.97. The molecule has 0 spiro atoms. The number of benzene rings is 1. The Morgan fingerprint density at radius 2 is 1.90 bits per heavy atom. The molecule has 4 rings (SSSR count). The second-order valence-corrected chi connectivity index (χ2v) is 10.4. The van der Waals surface area contributed by atoms with Crippen molar-refractivity contribution in [3.8, 4) is 11.3 Å². The van der Waals surface area contributed by atoms with Crippen LogP contribution in [0, 0.1) is 26.7 Å². The second kappa shape index (κ2) is 8.52. The van der Waals surface area contributed by atoms with E-state index in [0.29, 0.717) is 23.7 Å². The highest BCUT2D eigenvalue weighted by atomic mass is 32.2. The van der Waals surface area contributed by atoms with Crippen LogP contribution in [-0.4, -0.2) is 41.9 Å². The van der Waals surface area contributed by atoms with E-state index < -0.39 is 10.0 Å². The van der Waals surface area contributed by atoms with E-state index in [1.807, 2.05) is 36.6 Å². The van der Waals surface area contributed by atoms with Gasteiger partial charge in [0, 0.05) is 30.0 Å². The predicted molar refractivity (Wildman–Crippen MR) is 118 cm³/mol. The first-order valence-corrected chi connectivity index (χ1v) is 12.3. The Balaban J connectivity index is 1.39. The summed E-state index contributed by atoms with van der Waals surface area (Å²) in [6.07, 6.45) is 0.898. The molecule has 1 aliphatic heterocycles. The summed E-state index contributed by atoms with van der Waals surface area (Å²) in [4.78, 5) is 17.4. The number of nitrogens with zero attached hydrogens (tertiary/aromatic N) is 3. The lowest BCUT2D eigenvalue weighted by Crippen LogP contribution is -2.41. The van der Waals surface area contributed by atoms with Crippen LogP contribution in [0.3, 0.4) is 0 Å². The van der Waals surface area contributed by atoms with Crippen molar-refractivity contribution >= 4 is 32.4 Å². The monoisotopic (exact) mass is 460 g/mol. The molecule has 8 nitrogen and oxygen atoms in total. The van der Waals surface area contributed by atoms with Gasteiger partial charge in [0.2, 0.25) is 15.9 Å². The standard InChI is InChI=1S/C21H24N4O4S2/c1-13-6-4-5-7-17(13)18-12-30-21(22-18)23-20(26)16-8-10-25(11-9-16)31(27,28)19-14(2)24-29-15(19)3/h4-7,12,16H,8-11H2,1-3H3,(H,22,23,26). The van der Waals surface area contributed by atoms with Crippen LogP contribution >= 0.6 is 11.3 Å². The molecule has 1 aromatic carbocycles. The Bertz CT molecular complexity index is 1190. The molecule has 0 aliphatic carbocycles. The van der Waals surface area contributed by atoms with E-state index in [4.69, 9.17) is 4.52 Å². The number of carbonyl (C=O) groups excluding carboxylic acids is 1. The van der Waals surface area contributed by atoms with Crippen LogP contribution in [0.25, 0.3) is 11.3 Å². The third-order valence-corrected chi connectivity index (χ3v) is 8.45. The molecule has 3 heterocycles. The van der Waals surface area contributed by atoms with Crippen molar-refractivity contribution in [2.24, 2.45) is 5.92 Å². The molecule has 1 N–H and O–H groups in total. The molecular weight excluding hydrogens is 436 g/mol. The highest BCUT2D eigenvalue weighted by Crippen LogP contribution is 2.30. The summed E-state index contributed by atoms with van der Waals surface area (Å²) < 4.78 is 32.3. The van der Waals surface area contributed by atoms with E-state index in [2.05, 4.69) is 15.5 Å². The van der Waals surface area contributed by atoms with Crippen molar-refractivity contribution in [2.75, 3.05) is 18.4 Å². The summed E-state index contributed by atoms with van der Waals surface area (Å²) in [6, 6.07) is 7.97. The zero-order valence-electron chi connectivity index (χ0n) is 17.6. The van der Waals surface area contributed by atoms with Crippen LogP contribution in [-0.2, 0) is 14.8 Å². The van der Waals surface area contributed by atoms with Gasteiger partial charge in [0.15, 0.2) is 10.9 Å². The quantitative estimate of drug-likeness (QED) is 0.621. The first-order valence-electron chi connectivity index (χ1n) is 10.0. The smallest absolute Gasteiger partial charge is 0.248 e. The van der Waals surface area contributed by atoms with Gasteiger partial charge in [-0.1, -0.05) is 29.4 Å². The zero-order valence-corrected chi connectivity index (χ0v) is 19.2. The molecular formula is C21H24N4O4S2. The minimum atomic E-state index is -3.68. The van der Waals surface area contributed by atoms with Crippen molar-refractivity contribution in [1.29, 1.82) is 0 Å².